The number of aromatic hydroxyl groups is 1. The number of carbonyl (C=O) groups excluding carboxylic acids is 1. The molecule has 0 saturated carbocycles. The van der Waals surface area contributed by atoms with Crippen LogP contribution in [0.25, 0.3) is 0 Å². The van der Waals surface area contributed by atoms with E-state index in [0.29, 0.717) is 29.4 Å². The first-order valence-corrected chi connectivity index (χ1v) is 8.82. The number of hydrogen-bond acceptors (Lipinski definition) is 4. The molecule has 1 fully saturated rings. The third-order valence-corrected chi connectivity index (χ3v) is 4.94. The lowest BCUT2D eigenvalue weighted by atomic mass is 9.90. The van der Waals surface area contributed by atoms with Gasteiger partial charge in [0.2, 0.25) is 0 Å². The Morgan fingerprint density at radius 1 is 1.28 bits per heavy atom. The van der Waals surface area contributed by atoms with Gasteiger partial charge < -0.3 is 9.84 Å². The van der Waals surface area contributed by atoms with Gasteiger partial charge in [-0.1, -0.05) is 17.7 Å². The monoisotopic (exact) mass is 359 g/mol. The van der Waals surface area contributed by atoms with Crippen molar-refractivity contribution in [1.82, 2.24) is 4.90 Å². The fraction of sp³-hybridized carbons (Fsp3) is 0.350. The summed E-state index contributed by atoms with van der Waals surface area (Å²) in [7, 11) is 1.58. The Labute approximate surface area is 153 Å². The van der Waals surface area contributed by atoms with Crippen molar-refractivity contribution in [3.05, 3.63) is 58.6 Å². The number of rotatable bonds is 5. The molecule has 0 bridgehead atoms. The van der Waals surface area contributed by atoms with Gasteiger partial charge >= 0.3 is 0 Å². The Morgan fingerprint density at radius 2 is 2.04 bits per heavy atom. The van der Waals surface area contributed by atoms with Gasteiger partial charge in [0.25, 0.3) is 0 Å². The molecule has 4 nitrogen and oxygen atoms in total. The number of piperidine rings is 1. The first-order valence-electron chi connectivity index (χ1n) is 8.45. The fourth-order valence-corrected chi connectivity index (χ4v) is 3.43. The highest BCUT2D eigenvalue weighted by Gasteiger charge is 2.27. The molecule has 3 rings (SSSR count). The maximum absolute atomic E-state index is 12.7. The van der Waals surface area contributed by atoms with Crippen LogP contribution in [0.5, 0.6) is 11.5 Å². The first kappa shape index (κ1) is 17.8. The number of likely N-dealkylation sites (tertiary alicyclic amines) is 1. The quantitative estimate of drug-likeness (QED) is 0.815. The van der Waals surface area contributed by atoms with Crippen molar-refractivity contribution in [3.8, 4) is 11.5 Å². The van der Waals surface area contributed by atoms with Crippen molar-refractivity contribution < 1.29 is 14.6 Å². The fourth-order valence-electron chi connectivity index (χ4n) is 3.31. The number of phenolic OH excluding ortho intramolecular Hbond substituents is 1. The van der Waals surface area contributed by atoms with Crippen LogP contribution in [0.1, 0.15) is 28.8 Å². The number of Topliss-reactive ketones (excluding diaryl/α,β-unsaturated/α-hetero) is 1. The summed E-state index contributed by atoms with van der Waals surface area (Å²) in [6, 6.07) is 12.4. The summed E-state index contributed by atoms with van der Waals surface area (Å²) in [5, 5.41) is 10.8. The number of nitrogens with zero attached hydrogens (tertiary/aromatic N) is 1. The Balaban J connectivity index is 1.66. The van der Waals surface area contributed by atoms with E-state index in [0.717, 1.165) is 24.9 Å². The molecule has 1 aliphatic rings. The molecule has 1 saturated heterocycles. The maximum atomic E-state index is 12.7. The van der Waals surface area contributed by atoms with Crippen molar-refractivity contribution in [3.63, 3.8) is 0 Å². The molecular formula is C20H22ClNO3. The van der Waals surface area contributed by atoms with Crippen LogP contribution in [0.2, 0.25) is 5.02 Å². The number of halogens is 1. The van der Waals surface area contributed by atoms with E-state index in [9.17, 15) is 9.90 Å². The van der Waals surface area contributed by atoms with Gasteiger partial charge in [-0.05, 0) is 49.7 Å². The summed E-state index contributed by atoms with van der Waals surface area (Å²) in [5.74, 6) is 1.01. The number of benzene rings is 2. The Hall–Kier alpha value is -2.04. The van der Waals surface area contributed by atoms with Crippen molar-refractivity contribution in [1.29, 1.82) is 0 Å². The lowest BCUT2D eigenvalue weighted by molar-refractivity contribution is 0.0811. The topological polar surface area (TPSA) is 49.8 Å². The third-order valence-electron chi connectivity index (χ3n) is 4.69. The predicted molar refractivity (Wildman–Crippen MR) is 98.4 cm³/mol. The second-order valence-electron chi connectivity index (χ2n) is 6.44. The van der Waals surface area contributed by atoms with Crippen LogP contribution < -0.4 is 4.74 Å². The van der Waals surface area contributed by atoms with E-state index in [1.165, 1.54) is 0 Å². The van der Waals surface area contributed by atoms with Crippen LogP contribution >= 0.6 is 11.6 Å². The molecule has 1 atom stereocenters. The summed E-state index contributed by atoms with van der Waals surface area (Å²) >= 11 is 5.90. The summed E-state index contributed by atoms with van der Waals surface area (Å²) < 4.78 is 5.12. The average molecular weight is 360 g/mol. The van der Waals surface area contributed by atoms with Crippen LogP contribution in [-0.4, -0.2) is 36.0 Å². The molecule has 0 unspecified atom stereocenters. The van der Waals surface area contributed by atoms with Gasteiger partial charge in [0.05, 0.1) is 7.11 Å². The molecule has 2 aromatic carbocycles. The average Bonchev–Trinajstić information content (AvgIpc) is 2.63. The summed E-state index contributed by atoms with van der Waals surface area (Å²) in [5.41, 5.74) is 1.56. The van der Waals surface area contributed by atoms with E-state index < -0.39 is 0 Å². The number of ether oxygens (including phenoxy) is 1. The summed E-state index contributed by atoms with van der Waals surface area (Å²) in [4.78, 5) is 14.9. The minimum atomic E-state index is -0.0182. The van der Waals surface area contributed by atoms with E-state index in [1.54, 1.807) is 37.4 Å². The Morgan fingerprint density at radius 3 is 2.72 bits per heavy atom. The van der Waals surface area contributed by atoms with Crippen LogP contribution in [0.4, 0.5) is 0 Å². The zero-order chi connectivity index (χ0) is 17.8. The van der Waals surface area contributed by atoms with Gasteiger partial charge in [-0.15, -0.1) is 0 Å². The molecule has 5 heteroatoms. The molecule has 0 aliphatic carbocycles. The van der Waals surface area contributed by atoms with Crippen molar-refractivity contribution in [2.24, 2.45) is 5.92 Å². The molecule has 1 heterocycles. The van der Waals surface area contributed by atoms with E-state index in [4.69, 9.17) is 16.3 Å². The number of hydrogen-bond donors (Lipinski definition) is 1. The van der Waals surface area contributed by atoms with Gasteiger partial charge in [-0.25, -0.2) is 0 Å². The van der Waals surface area contributed by atoms with Crippen molar-refractivity contribution >= 4 is 17.4 Å². The van der Waals surface area contributed by atoms with Gasteiger partial charge in [0, 0.05) is 41.2 Å². The second kappa shape index (κ2) is 7.89. The normalized spacial score (nSPS) is 18.1. The molecule has 2 aromatic rings. The SMILES string of the molecule is COc1ccc(CN2CCC[C@@H](C(=O)c3ccc(Cl)cc3)C2)c(O)c1. The first-order chi connectivity index (χ1) is 12.1. The standard InChI is InChI=1S/C20H22ClNO3/c1-25-18-9-6-15(19(23)11-18)12-22-10-2-3-16(13-22)20(24)14-4-7-17(21)8-5-14/h4-9,11,16,23H,2-3,10,12-13H2,1H3/t16-/m1/s1. The molecule has 0 spiro atoms. The lowest BCUT2D eigenvalue weighted by Gasteiger charge is -2.32. The number of ketones is 1. The smallest absolute Gasteiger partial charge is 0.167 e. The van der Waals surface area contributed by atoms with E-state index >= 15 is 0 Å². The van der Waals surface area contributed by atoms with Crippen LogP contribution in [0.3, 0.4) is 0 Å². The highest BCUT2D eigenvalue weighted by Crippen LogP contribution is 2.27. The Kier molecular flexibility index (Phi) is 5.61. The van der Waals surface area contributed by atoms with Crippen molar-refractivity contribution in [2.45, 2.75) is 19.4 Å². The molecule has 0 radical (unpaired) electrons. The third kappa shape index (κ3) is 4.33. The van der Waals surface area contributed by atoms with Gasteiger partial charge in [0.15, 0.2) is 5.78 Å². The Bertz CT molecular complexity index is 745. The second-order valence-corrected chi connectivity index (χ2v) is 6.88. The van der Waals surface area contributed by atoms with Gasteiger partial charge in [0.1, 0.15) is 11.5 Å². The molecular weight excluding hydrogens is 338 g/mol. The number of carbonyl (C=O) groups is 1. The van der Waals surface area contributed by atoms with Gasteiger partial charge in [-0.2, -0.15) is 0 Å². The van der Waals surface area contributed by atoms with Crippen LogP contribution in [0, 0.1) is 5.92 Å². The number of phenols is 1. The zero-order valence-electron chi connectivity index (χ0n) is 14.2. The van der Waals surface area contributed by atoms with E-state index in [2.05, 4.69) is 4.90 Å². The van der Waals surface area contributed by atoms with E-state index in [-0.39, 0.29) is 17.5 Å². The highest BCUT2D eigenvalue weighted by molar-refractivity contribution is 6.30. The van der Waals surface area contributed by atoms with Crippen LogP contribution in [-0.2, 0) is 6.54 Å². The lowest BCUT2D eigenvalue weighted by Crippen LogP contribution is -2.38. The maximum Gasteiger partial charge on any atom is 0.167 e. The molecule has 25 heavy (non-hydrogen) atoms. The molecule has 1 aliphatic heterocycles. The summed E-state index contributed by atoms with van der Waals surface area (Å²) in [6.45, 7) is 2.25. The number of methoxy groups -OCH3 is 1. The van der Waals surface area contributed by atoms with Crippen molar-refractivity contribution in [2.75, 3.05) is 20.2 Å². The molecule has 132 valence electrons. The molecule has 0 amide bonds. The minimum Gasteiger partial charge on any atom is -0.507 e. The predicted octanol–water partition coefficient (Wildman–Crippen LogP) is 4.15. The molecule has 0 aromatic heterocycles. The van der Waals surface area contributed by atoms with E-state index in [1.807, 2.05) is 12.1 Å². The highest BCUT2D eigenvalue weighted by atomic mass is 35.5. The van der Waals surface area contributed by atoms with Gasteiger partial charge in [-0.3, -0.25) is 9.69 Å². The van der Waals surface area contributed by atoms with Crippen LogP contribution in [0.15, 0.2) is 42.5 Å². The largest absolute Gasteiger partial charge is 0.507 e. The minimum absolute atomic E-state index is 0.0182. The summed E-state index contributed by atoms with van der Waals surface area (Å²) in [6.07, 6.45) is 1.87. The molecule has 1 N–H and O–H groups in total. The zero-order valence-corrected chi connectivity index (χ0v) is 15.0.